The van der Waals surface area contributed by atoms with Crippen LogP contribution in [-0.2, 0) is 0 Å². The van der Waals surface area contributed by atoms with Crippen LogP contribution in [0.1, 0.15) is 20.7 Å². The Balaban J connectivity index is 1.43. The summed E-state index contributed by atoms with van der Waals surface area (Å²) in [6, 6.07) is 20.9. The third kappa shape index (κ3) is 3.67. The van der Waals surface area contributed by atoms with E-state index in [0.29, 0.717) is 28.0 Å². The Kier molecular flexibility index (Phi) is 4.32. The van der Waals surface area contributed by atoms with Crippen molar-refractivity contribution in [1.29, 1.82) is 0 Å². The zero-order valence-electron chi connectivity index (χ0n) is 14.1. The van der Waals surface area contributed by atoms with Gasteiger partial charge in [0, 0.05) is 22.5 Å². The predicted octanol–water partition coefficient (Wildman–Crippen LogP) is 3.46. The first-order valence-electron chi connectivity index (χ1n) is 8.27. The van der Waals surface area contributed by atoms with E-state index < -0.39 is 0 Å². The molecule has 0 saturated carbocycles. The lowest BCUT2D eigenvalue weighted by Gasteiger charge is -2.08. The van der Waals surface area contributed by atoms with E-state index in [1.165, 1.54) is 0 Å². The van der Waals surface area contributed by atoms with E-state index in [0.717, 1.165) is 5.52 Å². The molecule has 1 aromatic heterocycles. The Morgan fingerprint density at radius 1 is 0.667 bits per heavy atom. The number of hydrogen-bond acceptors (Lipinski definition) is 4. The molecular weight excluding hydrogens is 342 g/mol. The number of fused-ring (bicyclic) bond motifs is 1. The number of carbonyl (C=O) groups excluding carboxylic acids is 2. The molecule has 2 amide bonds. The third-order valence-electron chi connectivity index (χ3n) is 4.02. The molecule has 7 nitrogen and oxygen atoms in total. The molecule has 27 heavy (non-hydrogen) atoms. The van der Waals surface area contributed by atoms with Crippen molar-refractivity contribution < 1.29 is 9.59 Å². The molecule has 0 spiro atoms. The molecule has 0 radical (unpaired) electrons. The van der Waals surface area contributed by atoms with Gasteiger partial charge in [-0.05, 0) is 54.6 Å². The summed E-state index contributed by atoms with van der Waals surface area (Å²) >= 11 is 0. The highest BCUT2D eigenvalue weighted by Gasteiger charge is 2.09. The van der Waals surface area contributed by atoms with Crippen molar-refractivity contribution in [3.63, 3.8) is 0 Å². The van der Waals surface area contributed by atoms with Gasteiger partial charge in [0.05, 0.1) is 0 Å². The van der Waals surface area contributed by atoms with Gasteiger partial charge in [-0.2, -0.15) is 15.4 Å². The fraction of sp³-hybridized carbons (Fsp3) is 0. The van der Waals surface area contributed by atoms with Gasteiger partial charge in [-0.3, -0.25) is 9.59 Å². The number of nitrogens with one attached hydrogen (secondary N) is 3. The summed E-state index contributed by atoms with van der Waals surface area (Å²) < 4.78 is 0. The number of benzene rings is 3. The Morgan fingerprint density at radius 3 is 2.00 bits per heavy atom. The second kappa shape index (κ2) is 7.09. The van der Waals surface area contributed by atoms with Crippen LogP contribution in [0.2, 0.25) is 0 Å². The Hall–Kier alpha value is -4.00. The molecule has 132 valence electrons. The lowest BCUT2D eigenvalue weighted by atomic mass is 10.1. The number of anilines is 2. The minimum atomic E-state index is -0.251. The van der Waals surface area contributed by atoms with Crippen LogP contribution in [0, 0.1) is 0 Å². The Morgan fingerprint density at radius 2 is 1.26 bits per heavy atom. The molecule has 3 aromatic carbocycles. The van der Waals surface area contributed by atoms with Crippen LogP contribution in [0.4, 0.5) is 11.4 Å². The van der Waals surface area contributed by atoms with E-state index >= 15 is 0 Å². The summed E-state index contributed by atoms with van der Waals surface area (Å²) in [5.74, 6) is -0.451. The van der Waals surface area contributed by atoms with Gasteiger partial charge in [0.25, 0.3) is 11.8 Å². The highest BCUT2D eigenvalue weighted by atomic mass is 16.2. The maximum Gasteiger partial charge on any atom is 0.255 e. The maximum atomic E-state index is 12.4. The molecule has 0 aliphatic carbocycles. The number of aromatic amines is 1. The maximum absolute atomic E-state index is 12.4. The molecule has 0 unspecified atom stereocenters. The Labute approximate surface area is 154 Å². The summed E-state index contributed by atoms with van der Waals surface area (Å²) in [6.07, 6.45) is 0. The molecular formula is C20H15N5O2. The fourth-order valence-corrected chi connectivity index (χ4v) is 2.62. The first-order valence-corrected chi connectivity index (χ1v) is 8.27. The van der Waals surface area contributed by atoms with Gasteiger partial charge < -0.3 is 10.6 Å². The van der Waals surface area contributed by atoms with Gasteiger partial charge >= 0.3 is 0 Å². The fourth-order valence-electron chi connectivity index (χ4n) is 2.62. The molecule has 0 bridgehead atoms. The quantitative estimate of drug-likeness (QED) is 0.521. The van der Waals surface area contributed by atoms with Gasteiger partial charge in [0.15, 0.2) is 0 Å². The SMILES string of the molecule is O=C(Nc1ccc(C(=O)Nc2ccc3n[nH]nc3c2)cc1)c1ccccc1. The van der Waals surface area contributed by atoms with Gasteiger partial charge in [-0.15, -0.1) is 0 Å². The van der Waals surface area contributed by atoms with E-state index in [-0.39, 0.29) is 11.8 Å². The van der Waals surface area contributed by atoms with E-state index in [4.69, 9.17) is 0 Å². The normalized spacial score (nSPS) is 10.5. The molecule has 4 aromatic rings. The van der Waals surface area contributed by atoms with Crippen LogP contribution < -0.4 is 10.6 Å². The molecule has 1 heterocycles. The van der Waals surface area contributed by atoms with Crippen molar-refractivity contribution in [2.75, 3.05) is 10.6 Å². The Bertz CT molecular complexity index is 1100. The molecule has 4 rings (SSSR count). The molecule has 0 atom stereocenters. The van der Waals surface area contributed by atoms with Crippen LogP contribution in [0.25, 0.3) is 11.0 Å². The van der Waals surface area contributed by atoms with Gasteiger partial charge in [0.2, 0.25) is 0 Å². The second-order valence-electron chi connectivity index (χ2n) is 5.88. The molecule has 0 saturated heterocycles. The van der Waals surface area contributed by atoms with Crippen molar-refractivity contribution in [3.05, 3.63) is 83.9 Å². The molecule has 0 aliphatic rings. The van der Waals surface area contributed by atoms with Crippen molar-refractivity contribution in [2.24, 2.45) is 0 Å². The molecule has 0 aliphatic heterocycles. The van der Waals surface area contributed by atoms with E-state index in [9.17, 15) is 9.59 Å². The third-order valence-corrected chi connectivity index (χ3v) is 4.02. The average Bonchev–Trinajstić information content (AvgIpc) is 3.17. The largest absolute Gasteiger partial charge is 0.322 e. The van der Waals surface area contributed by atoms with Crippen LogP contribution in [0.5, 0.6) is 0 Å². The van der Waals surface area contributed by atoms with Gasteiger partial charge in [0.1, 0.15) is 11.0 Å². The van der Waals surface area contributed by atoms with Crippen molar-refractivity contribution >= 4 is 34.2 Å². The van der Waals surface area contributed by atoms with E-state index in [1.54, 1.807) is 66.7 Å². The summed E-state index contributed by atoms with van der Waals surface area (Å²) in [5, 5.41) is 16.1. The number of carbonyl (C=O) groups is 2. The minimum Gasteiger partial charge on any atom is -0.322 e. The number of rotatable bonds is 4. The van der Waals surface area contributed by atoms with Crippen LogP contribution in [0.15, 0.2) is 72.8 Å². The standard InChI is InChI=1S/C20H15N5O2/c26-19(13-4-2-1-3-5-13)21-15-8-6-14(7-9-15)20(27)22-16-10-11-17-18(12-16)24-25-23-17/h1-12H,(H,21,26)(H,22,27)(H,23,24,25). The van der Waals surface area contributed by atoms with Crippen molar-refractivity contribution in [2.45, 2.75) is 0 Å². The average molecular weight is 357 g/mol. The topological polar surface area (TPSA) is 99.8 Å². The van der Waals surface area contributed by atoms with E-state index in [2.05, 4.69) is 26.0 Å². The van der Waals surface area contributed by atoms with Crippen LogP contribution >= 0.6 is 0 Å². The number of H-pyrrole nitrogens is 1. The smallest absolute Gasteiger partial charge is 0.255 e. The van der Waals surface area contributed by atoms with Crippen LogP contribution in [-0.4, -0.2) is 27.2 Å². The minimum absolute atomic E-state index is 0.200. The monoisotopic (exact) mass is 357 g/mol. The first-order chi connectivity index (χ1) is 13.2. The number of nitrogens with zero attached hydrogens (tertiary/aromatic N) is 2. The highest BCUT2D eigenvalue weighted by molar-refractivity contribution is 6.06. The number of hydrogen-bond donors (Lipinski definition) is 3. The van der Waals surface area contributed by atoms with Crippen molar-refractivity contribution in [1.82, 2.24) is 15.4 Å². The van der Waals surface area contributed by atoms with Gasteiger partial charge in [-0.1, -0.05) is 18.2 Å². The molecule has 3 N–H and O–H groups in total. The van der Waals surface area contributed by atoms with Gasteiger partial charge in [-0.25, -0.2) is 0 Å². The molecule has 0 fully saturated rings. The lowest BCUT2D eigenvalue weighted by molar-refractivity contribution is 0.102. The highest BCUT2D eigenvalue weighted by Crippen LogP contribution is 2.17. The van der Waals surface area contributed by atoms with E-state index in [1.807, 2.05) is 6.07 Å². The molecule has 7 heteroatoms. The van der Waals surface area contributed by atoms with Crippen LogP contribution in [0.3, 0.4) is 0 Å². The second-order valence-corrected chi connectivity index (χ2v) is 5.88. The summed E-state index contributed by atoms with van der Waals surface area (Å²) in [7, 11) is 0. The first kappa shape index (κ1) is 16.5. The van der Waals surface area contributed by atoms with Crippen molar-refractivity contribution in [3.8, 4) is 0 Å². The summed E-state index contributed by atoms with van der Waals surface area (Å²) in [5.41, 5.74) is 3.70. The summed E-state index contributed by atoms with van der Waals surface area (Å²) in [4.78, 5) is 24.6. The zero-order chi connectivity index (χ0) is 18.6. The zero-order valence-corrected chi connectivity index (χ0v) is 14.1. The number of aromatic nitrogens is 3. The summed E-state index contributed by atoms with van der Waals surface area (Å²) in [6.45, 7) is 0. The predicted molar refractivity (Wildman–Crippen MR) is 103 cm³/mol. The lowest BCUT2D eigenvalue weighted by Crippen LogP contribution is -2.13. The number of amides is 2.